The Bertz CT molecular complexity index is 1290. The molecule has 1 heterocycles. The van der Waals surface area contributed by atoms with E-state index in [-0.39, 0.29) is 35.3 Å². The van der Waals surface area contributed by atoms with E-state index in [0.29, 0.717) is 33.2 Å². The van der Waals surface area contributed by atoms with Crippen LogP contribution in [0, 0.1) is 0 Å². The van der Waals surface area contributed by atoms with E-state index in [4.69, 9.17) is 25.8 Å². The van der Waals surface area contributed by atoms with Crippen LogP contribution in [0.1, 0.15) is 25.2 Å². The van der Waals surface area contributed by atoms with Gasteiger partial charge in [-0.15, -0.1) is 0 Å². The van der Waals surface area contributed by atoms with Crippen LogP contribution in [0.25, 0.3) is 10.9 Å². The molecule has 0 saturated heterocycles. The molecular formula is C22H20Br2ClN3O5. The van der Waals surface area contributed by atoms with Crippen molar-refractivity contribution in [3.05, 3.63) is 60.0 Å². The van der Waals surface area contributed by atoms with E-state index >= 15 is 0 Å². The number of fused-ring (bicyclic) bond motifs is 1. The Kier molecular flexibility index (Phi) is 8.50. The molecule has 0 unspecified atom stereocenters. The number of carbonyl (C=O) groups excluding carboxylic acids is 1. The SMILES string of the molecule is CCOC(=O)COc1c(OC)cc(C=Nn2c(CC)nc3ccc(Br)cc3c2=O)c(Br)c1Cl. The molecule has 0 spiro atoms. The van der Waals surface area contributed by atoms with Crippen LogP contribution >= 0.6 is 43.5 Å². The summed E-state index contributed by atoms with van der Waals surface area (Å²) in [5, 5.41) is 5.00. The van der Waals surface area contributed by atoms with E-state index in [1.165, 1.54) is 18.0 Å². The summed E-state index contributed by atoms with van der Waals surface area (Å²) in [6, 6.07) is 6.95. The fraction of sp³-hybridized carbons (Fsp3) is 0.273. The molecule has 0 atom stereocenters. The highest BCUT2D eigenvalue weighted by Gasteiger charge is 2.19. The summed E-state index contributed by atoms with van der Waals surface area (Å²) in [6.07, 6.45) is 1.98. The summed E-state index contributed by atoms with van der Waals surface area (Å²) in [5.74, 6) is 0.450. The number of aryl methyl sites for hydroxylation is 1. The summed E-state index contributed by atoms with van der Waals surface area (Å²) in [7, 11) is 1.45. The van der Waals surface area contributed by atoms with Gasteiger partial charge in [-0.1, -0.05) is 34.5 Å². The molecule has 0 radical (unpaired) electrons. The van der Waals surface area contributed by atoms with E-state index in [1.807, 2.05) is 13.0 Å². The molecule has 2 aromatic carbocycles. The smallest absolute Gasteiger partial charge is 0.344 e. The average Bonchev–Trinajstić information content (AvgIpc) is 2.80. The molecule has 0 bridgehead atoms. The van der Waals surface area contributed by atoms with Crippen LogP contribution in [-0.4, -0.2) is 42.2 Å². The van der Waals surface area contributed by atoms with E-state index < -0.39 is 5.97 Å². The number of halogens is 3. The van der Waals surface area contributed by atoms with Crippen LogP contribution in [0.5, 0.6) is 11.5 Å². The second-order valence-electron chi connectivity index (χ2n) is 6.62. The Morgan fingerprint density at radius 1 is 1.27 bits per heavy atom. The lowest BCUT2D eigenvalue weighted by atomic mass is 10.2. The summed E-state index contributed by atoms with van der Waals surface area (Å²) in [4.78, 5) is 29.3. The molecule has 0 aliphatic rings. The standard InChI is InChI=1S/C22H20Br2ClN3O5/c1-4-17-27-15-7-6-13(23)9-14(15)22(30)28(17)26-10-12-8-16(31-3)21(20(25)19(12)24)33-11-18(29)32-5-2/h6-10H,4-5,11H2,1-3H3. The number of methoxy groups -OCH3 is 1. The molecule has 33 heavy (non-hydrogen) atoms. The number of hydrogen-bond donors (Lipinski definition) is 0. The molecule has 1 aromatic heterocycles. The topological polar surface area (TPSA) is 92.0 Å². The van der Waals surface area contributed by atoms with Crippen molar-refractivity contribution in [3.8, 4) is 11.5 Å². The van der Waals surface area contributed by atoms with Crippen molar-refractivity contribution in [2.45, 2.75) is 20.3 Å². The maximum absolute atomic E-state index is 13.1. The Morgan fingerprint density at radius 3 is 2.70 bits per heavy atom. The first-order valence-corrected chi connectivity index (χ1v) is 11.9. The van der Waals surface area contributed by atoms with Crippen molar-refractivity contribution in [1.29, 1.82) is 0 Å². The molecule has 0 N–H and O–H groups in total. The van der Waals surface area contributed by atoms with Gasteiger partial charge in [0.15, 0.2) is 18.1 Å². The number of rotatable bonds is 8. The van der Waals surface area contributed by atoms with Gasteiger partial charge in [-0.2, -0.15) is 9.78 Å². The van der Waals surface area contributed by atoms with Gasteiger partial charge >= 0.3 is 5.97 Å². The highest BCUT2D eigenvalue weighted by atomic mass is 79.9. The minimum atomic E-state index is -0.528. The molecule has 0 aliphatic heterocycles. The zero-order chi connectivity index (χ0) is 24.1. The van der Waals surface area contributed by atoms with Gasteiger partial charge in [0, 0.05) is 20.9 Å². The third-order valence-corrected chi connectivity index (χ3v) is 6.46. The van der Waals surface area contributed by atoms with Gasteiger partial charge in [-0.3, -0.25) is 4.79 Å². The lowest BCUT2D eigenvalue weighted by Crippen LogP contribution is -2.22. The predicted octanol–water partition coefficient (Wildman–Crippen LogP) is 4.97. The quantitative estimate of drug-likeness (QED) is 0.268. The Morgan fingerprint density at radius 2 is 2.03 bits per heavy atom. The normalized spacial score (nSPS) is 11.2. The van der Waals surface area contributed by atoms with Crippen LogP contribution in [0.15, 0.2) is 43.1 Å². The summed E-state index contributed by atoms with van der Waals surface area (Å²) >= 11 is 13.3. The number of hydrogen-bond acceptors (Lipinski definition) is 7. The zero-order valence-corrected chi connectivity index (χ0v) is 22.0. The van der Waals surface area contributed by atoms with Crippen LogP contribution in [0.4, 0.5) is 0 Å². The van der Waals surface area contributed by atoms with Crippen LogP contribution in [-0.2, 0) is 16.0 Å². The van der Waals surface area contributed by atoms with Gasteiger partial charge in [0.05, 0.1) is 30.8 Å². The van der Waals surface area contributed by atoms with Crippen molar-refractivity contribution < 1.29 is 19.0 Å². The summed E-state index contributed by atoms with van der Waals surface area (Å²) < 4.78 is 18.2. The number of benzene rings is 2. The van der Waals surface area contributed by atoms with Gasteiger partial charge < -0.3 is 14.2 Å². The third kappa shape index (κ3) is 5.56. The average molecular weight is 602 g/mol. The van der Waals surface area contributed by atoms with Crippen molar-refractivity contribution >= 4 is 66.5 Å². The molecule has 0 amide bonds. The lowest BCUT2D eigenvalue weighted by molar-refractivity contribution is -0.145. The minimum absolute atomic E-state index is 0.180. The number of nitrogens with zero attached hydrogens (tertiary/aromatic N) is 3. The molecule has 174 valence electrons. The van der Waals surface area contributed by atoms with Crippen molar-refractivity contribution in [1.82, 2.24) is 9.66 Å². The Labute approximate surface area is 211 Å². The second kappa shape index (κ2) is 11.1. The number of esters is 1. The Hall–Kier alpha value is -2.43. The van der Waals surface area contributed by atoms with E-state index in [1.54, 1.807) is 25.1 Å². The molecule has 3 rings (SSSR count). The maximum Gasteiger partial charge on any atom is 0.344 e. The maximum atomic E-state index is 13.1. The molecule has 8 nitrogen and oxygen atoms in total. The molecule has 0 fully saturated rings. The first-order chi connectivity index (χ1) is 15.8. The summed E-state index contributed by atoms with van der Waals surface area (Å²) in [6.45, 7) is 3.52. The number of ether oxygens (including phenoxy) is 3. The second-order valence-corrected chi connectivity index (χ2v) is 8.71. The van der Waals surface area contributed by atoms with Gasteiger partial charge in [0.25, 0.3) is 5.56 Å². The van der Waals surface area contributed by atoms with Gasteiger partial charge in [-0.05, 0) is 47.1 Å². The molecule has 0 saturated carbocycles. The molecule has 11 heteroatoms. The third-order valence-electron chi connectivity index (χ3n) is 4.52. The molecule has 0 aliphatic carbocycles. The van der Waals surface area contributed by atoms with Gasteiger partial charge in [0.1, 0.15) is 10.8 Å². The van der Waals surface area contributed by atoms with Crippen molar-refractivity contribution in [2.75, 3.05) is 20.3 Å². The summed E-state index contributed by atoms with van der Waals surface area (Å²) in [5.41, 5.74) is 0.835. The lowest BCUT2D eigenvalue weighted by Gasteiger charge is -2.14. The number of carbonyl (C=O) groups is 1. The van der Waals surface area contributed by atoms with E-state index in [9.17, 15) is 9.59 Å². The fourth-order valence-electron chi connectivity index (χ4n) is 2.98. The van der Waals surface area contributed by atoms with Crippen LogP contribution in [0.2, 0.25) is 5.02 Å². The first kappa shape index (κ1) is 25.2. The van der Waals surface area contributed by atoms with E-state index in [2.05, 4.69) is 41.9 Å². The predicted molar refractivity (Wildman–Crippen MR) is 134 cm³/mol. The number of aromatic nitrogens is 2. The monoisotopic (exact) mass is 599 g/mol. The van der Waals surface area contributed by atoms with Crippen molar-refractivity contribution in [3.63, 3.8) is 0 Å². The molecular weight excluding hydrogens is 582 g/mol. The highest BCUT2D eigenvalue weighted by molar-refractivity contribution is 9.10. The van der Waals surface area contributed by atoms with Crippen molar-refractivity contribution in [2.24, 2.45) is 5.10 Å². The largest absolute Gasteiger partial charge is 0.493 e. The Balaban J connectivity index is 2.03. The highest BCUT2D eigenvalue weighted by Crippen LogP contribution is 2.42. The van der Waals surface area contributed by atoms with Gasteiger partial charge in [-0.25, -0.2) is 9.78 Å². The minimum Gasteiger partial charge on any atom is -0.493 e. The zero-order valence-electron chi connectivity index (χ0n) is 18.0. The van der Waals surface area contributed by atoms with Gasteiger partial charge in [0.2, 0.25) is 0 Å². The van der Waals surface area contributed by atoms with Crippen LogP contribution in [0.3, 0.4) is 0 Å². The molecule has 3 aromatic rings. The van der Waals surface area contributed by atoms with E-state index in [0.717, 1.165) is 4.47 Å². The van der Waals surface area contributed by atoms with Crippen LogP contribution < -0.4 is 15.0 Å². The fourth-order valence-corrected chi connectivity index (χ4v) is 4.00. The first-order valence-electron chi connectivity index (χ1n) is 9.90.